The van der Waals surface area contributed by atoms with Crippen molar-refractivity contribution in [2.75, 3.05) is 0 Å². The minimum Gasteiger partial charge on any atom is -0.545 e. The van der Waals surface area contributed by atoms with E-state index in [0.717, 1.165) is 44.6 Å². The van der Waals surface area contributed by atoms with Crippen molar-refractivity contribution in [2.24, 2.45) is 5.92 Å². The molecule has 0 saturated heterocycles. The molecular formula is C18H22FO3-. The van der Waals surface area contributed by atoms with Crippen molar-refractivity contribution in [2.45, 2.75) is 63.4 Å². The van der Waals surface area contributed by atoms with Gasteiger partial charge < -0.3 is 14.6 Å². The molecule has 2 aliphatic carbocycles. The van der Waals surface area contributed by atoms with E-state index in [0.29, 0.717) is 5.92 Å². The van der Waals surface area contributed by atoms with Crippen LogP contribution in [0, 0.1) is 11.7 Å². The molecule has 0 aromatic heterocycles. The second-order valence-electron chi connectivity index (χ2n) is 6.64. The van der Waals surface area contributed by atoms with Crippen molar-refractivity contribution in [3.63, 3.8) is 0 Å². The Hall–Kier alpha value is -1.58. The number of aromatic carboxylic acids is 1. The molecule has 0 spiro atoms. The standard InChI is InChI=1S/C18H23FO3/c19-15-9-8-13(17(20)21)12-16(15)22-18(10-4-5-11-18)14-6-2-1-3-7-14/h8-9,12,14H,1-7,10-11H2,(H,20,21)/p-1. The molecule has 4 heteroatoms. The lowest BCUT2D eigenvalue weighted by atomic mass is 9.75. The third kappa shape index (κ3) is 2.96. The van der Waals surface area contributed by atoms with E-state index >= 15 is 0 Å². The predicted octanol–water partition coefficient (Wildman–Crippen LogP) is 3.46. The van der Waals surface area contributed by atoms with Crippen molar-refractivity contribution in [3.8, 4) is 5.75 Å². The number of hydrogen-bond acceptors (Lipinski definition) is 3. The molecule has 3 rings (SSSR count). The summed E-state index contributed by atoms with van der Waals surface area (Å²) in [4.78, 5) is 11.0. The number of carbonyl (C=O) groups is 1. The van der Waals surface area contributed by atoms with Crippen molar-refractivity contribution in [3.05, 3.63) is 29.6 Å². The highest BCUT2D eigenvalue weighted by atomic mass is 19.1. The number of rotatable bonds is 4. The summed E-state index contributed by atoms with van der Waals surface area (Å²) in [5.74, 6) is -1.28. The second kappa shape index (κ2) is 6.27. The van der Waals surface area contributed by atoms with Gasteiger partial charge >= 0.3 is 0 Å². The van der Waals surface area contributed by atoms with Crippen LogP contribution < -0.4 is 9.84 Å². The zero-order valence-electron chi connectivity index (χ0n) is 12.8. The SMILES string of the molecule is O=C([O-])c1ccc(F)c(OC2(C3CCCCC3)CCCC2)c1. The first-order valence-corrected chi connectivity index (χ1v) is 8.31. The second-order valence-corrected chi connectivity index (χ2v) is 6.64. The van der Waals surface area contributed by atoms with Crippen molar-refractivity contribution < 1.29 is 19.0 Å². The quantitative estimate of drug-likeness (QED) is 0.856. The summed E-state index contributed by atoms with van der Waals surface area (Å²) in [6.45, 7) is 0. The van der Waals surface area contributed by atoms with Gasteiger partial charge in [-0.05, 0) is 62.6 Å². The van der Waals surface area contributed by atoms with Gasteiger partial charge in [0.1, 0.15) is 5.60 Å². The number of halogens is 1. The number of carbonyl (C=O) groups excluding carboxylic acids is 1. The normalized spacial score (nSPS) is 21.7. The zero-order chi connectivity index (χ0) is 15.6. The van der Waals surface area contributed by atoms with E-state index in [4.69, 9.17) is 4.74 Å². The maximum atomic E-state index is 14.1. The number of ether oxygens (including phenoxy) is 1. The third-order valence-electron chi connectivity index (χ3n) is 5.28. The summed E-state index contributed by atoms with van der Waals surface area (Å²) < 4.78 is 20.2. The zero-order valence-corrected chi connectivity index (χ0v) is 12.8. The van der Waals surface area contributed by atoms with E-state index in [1.165, 1.54) is 31.4 Å². The van der Waals surface area contributed by atoms with Crippen LogP contribution in [0.25, 0.3) is 0 Å². The summed E-state index contributed by atoms with van der Waals surface area (Å²) >= 11 is 0. The van der Waals surface area contributed by atoms with Gasteiger partial charge in [-0.1, -0.05) is 19.3 Å². The fraction of sp³-hybridized carbons (Fsp3) is 0.611. The minimum atomic E-state index is -1.30. The Morgan fingerprint density at radius 2 is 1.82 bits per heavy atom. The van der Waals surface area contributed by atoms with E-state index in [-0.39, 0.29) is 16.9 Å². The van der Waals surface area contributed by atoms with Crippen molar-refractivity contribution in [1.82, 2.24) is 0 Å². The van der Waals surface area contributed by atoms with Gasteiger partial charge in [0, 0.05) is 5.56 Å². The maximum Gasteiger partial charge on any atom is 0.165 e. The van der Waals surface area contributed by atoms with Crippen LogP contribution in [0.4, 0.5) is 4.39 Å². The van der Waals surface area contributed by atoms with Gasteiger partial charge in [0.2, 0.25) is 0 Å². The molecule has 0 atom stereocenters. The van der Waals surface area contributed by atoms with E-state index in [1.807, 2.05) is 0 Å². The molecule has 0 N–H and O–H groups in total. The van der Waals surface area contributed by atoms with E-state index in [1.54, 1.807) is 0 Å². The topological polar surface area (TPSA) is 49.4 Å². The summed E-state index contributed by atoms with van der Waals surface area (Å²) in [7, 11) is 0. The molecule has 0 unspecified atom stereocenters. The Morgan fingerprint density at radius 1 is 1.14 bits per heavy atom. The molecule has 3 nitrogen and oxygen atoms in total. The maximum absolute atomic E-state index is 14.1. The first kappa shape index (κ1) is 15.3. The Bertz CT molecular complexity index is 543. The lowest BCUT2D eigenvalue weighted by molar-refractivity contribution is -0.255. The van der Waals surface area contributed by atoms with Gasteiger partial charge in [-0.15, -0.1) is 0 Å². The van der Waals surface area contributed by atoms with E-state index < -0.39 is 11.8 Å². The van der Waals surface area contributed by atoms with Gasteiger partial charge in [-0.2, -0.15) is 0 Å². The monoisotopic (exact) mass is 305 g/mol. The Kier molecular flexibility index (Phi) is 4.37. The summed E-state index contributed by atoms with van der Waals surface area (Å²) in [6, 6.07) is 3.65. The molecule has 1 aromatic rings. The molecule has 0 amide bonds. The molecule has 1 aromatic carbocycles. The van der Waals surface area contributed by atoms with Crippen LogP contribution in [-0.4, -0.2) is 11.6 Å². The first-order valence-electron chi connectivity index (χ1n) is 8.31. The average molecular weight is 305 g/mol. The molecule has 0 aliphatic heterocycles. The minimum absolute atomic E-state index is 0.0341. The predicted molar refractivity (Wildman–Crippen MR) is 79.1 cm³/mol. The average Bonchev–Trinajstić information content (AvgIpc) is 3.00. The largest absolute Gasteiger partial charge is 0.545 e. The highest BCUT2D eigenvalue weighted by molar-refractivity contribution is 5.86. The summed E-state index contributed by atoms with van der Waals surface area (Å²) in [5, 5.41) is 11.0. The van der Waals surface area contributed by atoms with Crippen molar-refractivity contribution in [1.29, 1.82) is 0 Å². The van der Waals surface area contributed by atoms with Crippen LogP contribution >= 0.6 is 0 Å². The molecule has 120 valence electrons. The van der Waals surface area contributed by atoms with E-state index in [2.05, 4.69) is 0 Å². The van der Waals surface area contributed by atoms with Gasteiger partial charge in [-0.3, -0.25) is 0 Å². The molecule has 0 bridgehead atoms. The van der Waals surface area contributed by atoms with Gasteiger partial charge in [0.05, 0.1) is 5.97 Å². The first-order chi connectivity index (χ1) is 10.6. The lowest BCUT2D eigenvalue weighted by Crippen LogP contribution is -2.42. The number of benzene rings is 1. The summed E-state index contributed by atoms with van der Waals surface area (Å²) in [6.07, 6.45) is 10.00. The van der Waals surface area contributed by atoms with Gasteiger partial charge in [0.15, 0.2) is 11.6 Å². The Balaban J connectivity index is 1.87. The van der Waals surface area contributed by atoms with Crippen LogP contribution in [0.1, 0.15) is 68.1 Å². The van der Waals surface area contributed by atoms with Crippen LogP contribution in [0.5, 0.6) is 5.75 Å². The molecule has 2 fully saturated rings. The molecule has 0 heterocycles. The third-order valence-corrected chi connectivity index (χ3v) is 5.28. The highest BCUT2D eigenvalue weighted by Crippen LogP contribution is 2.46. The van der Waals surface area contributed by atoms with Crippen LogP contribution in [0.15, 0.2) is 18.2 Å². The van der Waals surface area contributed by atoms with Crippen molar-refractivity contribution >= 4 is 5.97 Å². The fourth-order valence-corrected chi connectivity index (χ4v) is 4.12. The number of hydrogen-bond donors (Lipinski definition) is 0. The molecular weight excluding hydrogens is 283 g/mol. The fourth-order valence-electron chi connectivity index (χ4n) is 4.12. The van der Waals surface area contributed by atoms with Crippen LogP contribution in [-0.2, 0) is 0 Å². The van der Waals surface area contributed by atoms with Gasteiger partial charge in [0.25, 0.3) is 0 Å². The summed E-state index contributed by atoms with van der Waals surface area (Å²) in [5.41, 5.74) is -0.348. The molecule has 0 radical (unpaired) electrons. The van der Waals surface area contributed by atoms with Gasteiger partial charge in [-0.25, -0.2) is 4.39 Å². The number of carboxylic acid groups (broad SMARTS) is 1. The lowest BCUT2D eigenvalue weighted by Gasteiger charge is -2.40. The highest BCUT2D eigenvalue weighted by Gasteiger charge is 2.44. The Labute approximate surface area is 130 Å². The van der Waals surface area contributed by atoms with Crippen LogP contribution in [0.2, 0.25) is 0 Å². The molecule has 2 saturated carbocycles. The van der Waals surface area contributed by atoms with Crippen LogP contribution in [0.3, 0.4) is 0 Å². The van der Waals surface area contributed by atoms with E-state index in [9.17, 15) is 14.3 Å². The Morgan fingerprint density at radius 3 is 2.45 bits per heavy atom. The molecule has 22 heavy (non-hydrogen) atoms. The molecule has 2 aliphatic rings. The smallest absolute Gasteiger partial charge is 0.165 e. The number of carboxylic acids is 1.